The van der Waals surface area contributed by atoms with E-state index in [0.29, 0.717) is 17.9 Å². The van der Waals surface area contributed by atoms with E-state index in [1.165, 1.54) is 74.6 Å². The maximum atomic E-state index is 5.67. The summed E-state index contributed by atoms with van der Waals surface area (Å²) in [5.41, 5.74) is 4.18. The van der Waals surface area contributed by atoms with Gasteiger partial charge in [-0.05, 0) is 66.9 Å². The smallest absolute Gasteiger partial charge is 0.171 e. The van der Waals surface area contributed by atoms with Crippen molar-refractivity contribution in [1.29, 1.82) is 0 Å². The third kappa shape index (κ3) is 5.97. The van der Waals surface area contributed by atoms with Crippen LogP contribution in [0.25, 0.3) is 0 Å². The fourth-order valence-electron chi connectivity index (χ4n) is 4.43. The Morgan fingerprint density at radius 3 is 2.35 bits per heavy atom. The fourth-order valence-corrected chi connectivity index (χ4v) is 4.70. The van der Waals surface area contributed by atoms with Gasteiger partial charge in [0.15, 0.2) is 5.11 Å². The molecule has 0 spiro atoms. The van der Waals surface area contributed by atoms with Crippen LogP contribution in [0.5, 0.6) is 0 Å². The Bertz CT molecular complexity index is 563. The highest BCUT2D eigenvalue weighted by atomic mass is 32.1. The van der Waals surface area contributed by atoms with E-state index in [4.69, 9.17) is 12.2 Å². The number of hydrogen-bond acceptors (Lipinski definition) is 1. The monoisotopic (exact) mass is 374 g/mol. The zero-order valence-corrected chi connectivity index (χ0v) is 18.1. The van der Waals surface area contributed by atoms with Crippen molar-refractivity contribution in [2.75, 3.05) is 5.32 Å². The van der Waals surface area contributed by atoms with Crippen molar-refractivity contribution >= 4 is 23.0 Å². The number of nitrogens with one attached hydrogen (secondary N) is 2. The number of anilines is 1. The lowest BCUT2D eigenvalue weighted by Crippen LogP contribution is -2.39. The molecule has 0 saturated heterocycles. The van der Waals surface area contributed by atoms with Crippen molar-refractivity contribution in [3.05, 3.63) is 29.3 Å². The lowest BCUT2D eigenvalue weighted by Gasteiger charge is -2.27. The molecule has 1 fully saturated rings. The van der Waals surface area contributed by atoms with E-state index >= 15 is 0 Å². The summed E-state index contributed by atoms with van der Waals surface area (Å²) in [6.07, 6.45) is 11.4. The van der Waals surface area contributed by atoms with E-state index in [0.717, 1.165) is 5.11 Å². The molecule has 1 aromatic carbocycles. The normalized spacial score (nSPS) is 17.5. The molecule has 146 valence electrons. The van der Waals surface area contributed by atoms with Crippen molar-refractivity contribution in [2.45, 2.75) is 103 Å². The number of benzene rings is 1. The second kappa shape index (κ2) is 10.9. The second-order valence-corrected chi connectivity index (χ2v) is 8.53. The summed E-state index contributed by atoms with van der Waals surface area (Å²) >= 11 is 5.67. The number of hydrogen-bond donors (Lipinski definition) is 2. The van der Waals surface area contributed by atoms with Gasteiger partial charge in [0.1, 0.15) is 0 Å². The number of thiocarbonyl (C=S) groups is 1. The van der Waals surface area contributed by atoms with Crippen LogP contribution in [0.15, 0.2) is 18.2 Å². The summed E-state index contributed by atoms with van der Waals surface area (Å²) in [6, 6.07) is 7.26. The minimum Gasteiger partial charge on any atom is -0.360 e. The summed E-state index contributed by atoms with van der Waals surface area (Å²) in [5.74, 6) is 1.14. The molecule has 1 aliphatic carbocycles. The average Bonchev–Trinajstić information content (AvgIpc) is 2.62. The van der Waals surface area contributed by atoms with Gasteiger partial charge in [-0.1, -0.05) is 71.9 Å². The number of rotatable bonds is 8. The lowest BCUT2D eigenvalue weighted by molar-refractivity contribution is 0.415. The van der Waals surface area contributed by atoms with Gasteiger partial charge in [0.05, 0.1) is 0 Å². The van der Waals surface area contributed by atoms with Crippen molar-refractivity contribution in [1.82, 2.24) is 5.32 Å². The fraction of sp³-hybridized carbons (Fsp3) is 0.696. The van der Waals surface area contributed by atoms with E-state index in [-0.39, 0.29) is 0 Å². The van der Waals surface area contributed by atoms with Gasteiger partial charge >= 0.3 is 0 Å². The van der Waals surface area contributed by atoms with Gasteiger partial charge in [-0.15, -0.1) is 0 Å². The van der Waals surface area contributed by atoms with Gasteiger partial charge in [-0.3, -0.25) is 0 Å². The molecule has 2 nitrogen and oxygen atoms in total. The Balaban J connectivity index is 2.19. The minimum absolute atomic E-state index is 0.544. The highest BCUT2D eigenvalue weighted by Gasteiger charge is 2.20. The molecule has 3 heteroatoms. The summed E-state index contributed by atoms with van der Waals surface area (Å²) < 4.78 is 0. The van der Waals surface area contributed by atoms with Crippen LogP contribution in [-0.2, 0) is 0 Å². The molecule has 2 rings (SSSR count). The van der Waals surface area contributed by atoms with Gasteiger partial charge in [0.2, 0.25) is 0 Å². The van der Waals surface area contributed by atoms with Crippen LogP contribution in [0.4, 0.5) is 5.69 Å². The van der Waals surface area contributed by atoms with Crippen LogP contribution in [0.1, 0.15) is 108 Å². The molecule has 2 N–H and O–H groups in total. The molecule has 2 atom stereocenters. The molecular weight excluding hydrogens is 336 g/mol. The van der Waals surface area contributed by atoms with Crippen LogP contribution in [0.3, 0.4) is 0 Å². The van der Waals surface area contributed by atoms with Gasteiger partial charge in [-0.2, -0.15) is 0 Å². The molecule has 2 unspecified atom stereocenters. The predicted molar refractivity (Wildman–Crippen MR) is 119 cm³/mol. The summed E-state index contributed by atoms with van der Waals surface area (Å²) in [6.45, 7) is 9.28. The Labute approximate surface area is 166 Å². The molecule has 1 aliphatic rings. The molecular formula is C23H38N2S. The Hall–Kier alpha value is -1.09. The minimum atomic E-state index is 0.544. The quantitative estimate of drug-likeness (QED) is 0.474. The first-order valence-corrected chi connectivity index (χ1v) is 11.2. The molecule has 0 aromatic heterocycles. The maximum absolute atomic E-state index is 5.67. The first-order chi connectivity index (χ1) is 12.6. The zero-order chi connectivity index (χ0) is 18.9. The summed E-state index contributed by atoms with van der Waals surface area (Å²) in [5, 5.41) is 7.91. The maximum Gasteiger partial charge on any atom is 0.171 e. The van der Waals surface area contributed by atoms with Crippen molar-refractivity contribution in [3.63, 3.8) is 0 Å². The molecule has 26 heavy (non-hydrogen) atoms. The van der Waals surface area contributed by atoms with Crippen molar-refractivity contribution in [3.8, 4) is 0 Å². The zero-order valence-electron chi connectivity index (χ0n) is 17.2. The molecule has 0 bridgehead atoms. The predicted octanol–water partition coefficient (Wildman–Crippen LogP) is 7.11. The van der Waals surface area contributed by atoms with Crippen LogP contribution in [0, 0.1) is 0 Å². The molecule has 0 aliphatic heterocycles. The highest BCUT2D eigenvalue weighted by Crippen LogP contribution is 2.36. The van der Waals surface area contributed by atoms with E-state index < -0.39 is 0 Å². The SMILES string of the molecule is CCCC(C)c1cccc(NC(=S)NC2CCCCC2)c1C(C)CCC. The van der Waals surface area contributed by atoms with Crippen LogP contribution >= 0.6 is 12.2 Å². The largest absolute Gasteiger partial charge is 0.360 e. The van der Waals surface area contributed by atoms with Crippen LogP contribution in [-0.4, -0.2) is 11.2 Å². The van der Waals surface area contributed by atoms with E-state index in [1.54, 1.807) is 0 Å². The Kier molecular flexibility index (Phi) is 8.90. The summed E-state index contributed by atoms with van der Waals surface area (Å²) in [4.78, 5) is 0. The van der Waals surface area contributed by atoms with E-state index in [9.17, 15) is 0 Å². The average molecular weight is 375 g/mol. The van der Waals surface area contributed by atoms with Gasteiger partial charge in [0.25, 0.3) is 0 Å². The lowest BCUT2D eigenvalue weighted by atomic mass is 9.84. The van der Waals surface area contributed by atoms with Crippen molar-refractivity contribution in [2.24, 2.45) is 0 Å². The van der Waals surface area contributed by atoms with Gasteiger partial charge < -0.3 is 10.6 Å². The topological polar surface area (TPSA) is 24.1 Å². The van der Waals surface area contributed by atoms with E-state index in [2.05, 4.69) is 56.5 Å². The van der Waals surface area contributed by atoms with Gasteiger partial charge in [-0.25, -0.2) is 0 Å². The standard InChI is InChI=1S/C23H38N2S/c1-5-11-17(3)20-15-10-16-21(22(20)18(4)12-6-2)25-23(26)24-19-13-8-7-9-14-19/h10,15-19H,5-9,11-14H2,1-4H3,(H2,24,25,26). The van der Waals surface area contributed by atoms with Crippen LogP contribution in [0.2, 0.25) is 0 Å². The summed E-state index contributed by atoms with van der Waals surface area (Å²) in [7, 11) is 0. The van der Waals surface area contributed by atoms with Gasteiger partial charge in [0, 0.05) is 11.7 Å². The molecule has 1 saturated carbocycles. The molecule has 0 heterocycles. The van der Waals surface area contributed by atoms with E-state index in [1.807, 2.05) is 0 Å². The first kappa shape index (κ1) is 21.2. The third-order valence-corrected chi connectivity index (χ3v) is 6.02. The van der Waals surface area contributed by atoms with Crippen LogP contribution < -0.4 is 10.6 Å². The second-order valence-electron chi connectivity index (χ2n) is 8.12. The Morgan fingerprint density at radius 2 is 1.69 bits per heavy atom. The molecule has 0 amide bonds. The first-order valence-electron chi connectivity index (χ1n) is 10.8. The third-order valence-electron chi connectivity index (χ3n) is 5.80. The highest BCUT2D eigenvalue weighted by molar-refractivity contribution is 7.80. The van der Waals surface area contributed by atoms with Crippen molar-refractivity contribution < 1.29 is 0 Å². The molecule has 0 radical (unpaired) electrons. The Morgan fingerprint density at radius 1 is 1.04 bits per heavy atom. The molecule has 1 aromatic rings.